The SMILES string of the molecule is CC1CCCN(C(=O)C2CCn3cncc3C2)C1. The number of likely N-dealkylation sites (tertiary alicyclic amines) is 1. The lowest BCUT2D eigenvalue weighted by atomic mass is 9.92. The van der Waals surface area contributed by atoms with Crippen molar-refractivity contribution in [2.45, 2.75) is 39.2 Å². The average Bonchev–Trinajstić information content (AvgIpc) is 2.85. The Morgan fingerprint density at radius 2 is 2.28 bits per heavy atom. The first-order chi connectivity index (χ1) is 8.74. The van der Waals surface area contributed by atoms with Crippen LogP contribution in [0.5, 0.6) is 0 Å². The highest BCUT2D eigenvalue weighted by Gasteiger charge is 2.30. The first-order valence-electron chi connectivity index (χ1n) is 7.02. The molecule has 2 atom stereocenters. The second-order valence-electron chi connectivity index (χ2n) is 5.80. The number of aromatic nitrogens is 2. The number of nitrogens with zero attached hydrogens (tertiary/aromatic N) is 3. The van der Waals surface area contributed by atoms with Crippen molar-refractivity contribution in [3.63, 3.8) is 0 Å². The van der Waals surface area contributed by atoms with Gasteiger partial charge in [-0.25, -0.2) is 4.98 Å². The lowest BCUT2D eigenvalue weighted by Crippen LogP contribution is -2.44. The van der Waals surface area contributed by atoms with Gasteiger partial charge in [0.05, 0.1) is 6.33 Å². The molecular formula is C14H21N3O. The van der Waals surface area contributed by atoms with Crippen LogP contribution in [0.4, 0.5) is 0 Å². The fourth-order valence-corrected chi connectivity index (χ4v) is 3.23. The van der Waals surface area contributed by atoms with E-state index in [-0.39, 0.29) is 5.92 Å². The van der Waals surface area contributed by atoms with Gasteiger partial charge in [0.2, 0.25) is 5.91 Å². The molecule has 0 bridgehead atoms. The van der Waals surface area contributed by atoms with Crippen LogP contribution in [0.2, 0.25) is 0 Å². The zero-order valence-corrected chi connectivity index (χ0v) is 11.0. The van der Waals surface area contributed by atoms with E-state index in [0.29, 0.717) is 11.8 Å². The zero-order valence-electron chi connectivity index (χ0n) is 11.0. The van der Waals surface area contributed by atoms with Gasteiger partial charge in [-0.15, -0.1) is 0 Å². The molecule has 2 aliphatic rings. The number of carbonyl (C=O) groups is 1. The highest BCUT2D eigenvalue weighted by atomic mass is 16.2. The summed E-state index contributed by atoms with van der Waals surface area (Å²) in [4.78, 5) is 18.8. The molecule has 1 aromatic rings. The van der Waals surface area contributed by atoms with Crippen molar-refractivity contribution < 1.29 is 4.79 Å². The van der Waals surface area contributed by atoms with Crippen LogP contribution in [0, 0.1) is 11.8 Å². The van der Waals surface area contributed by atoms with Gasteiger partial charge in [0, 0.05) is 43.9 Å². The van der Waals surface area contributed by atoms with Crippen molar-refractivity contribution in [3.05, 3.63) is 18.2 Å². The number of aryl methyl sites for hydroxylation is 1. The van der Waals surface area contributed by atoms with Gasteiger partial charge in [-0.3, -0.25) is 4.79 Å². The smallest absolute Gasteiger partial charge is 0.226 e. The number of carbonyl (C=O) groups excluding carboxylic acids is 1. The Hall–Kier alpha value is -1.32. The Morgan fingerprint density at radius 3 is 3.11 bits per heavy atom. The van der Waals surface area contributed by atoms with Crippen molar-refractivity contribution in [3.8, 4) is 0 Å². The molecule has 1 saturated heterocycles. The molecule has 0 aliphatic carbocycles. The van der Waals surface area contributed by atoms with Crippen LogP contribution in [-0.2, 0) is 17.8 Å². The van der Waals surface area contributed by atoms with Gasteiger partial charge in [-0.05, 0) is 25.2 Å². The molecule has 0 spiro atoms. The highest BCUT2D eigenvalue weighted by molar-refractivity contribution is 5.79. The molecule has 3 heterocycles. The second kappa shape index (κ2) is 4.75. The molecule has 1 fully saturated rings. The Kier molecular flexibility index (Phi) is 3.10. The molecule has 4 heteroatoms. The van der Waals surface area contributed by atoms with E-state index in [2.05, 4.69) is 21.4 Å². The van der Waals surface area contributed by atoms with Crippen LogP contribution in [0.15, 0.2) is 12.5 Å². The van der Waals surface area contributed by atoms with E-state index >= 15 is 0 Å². The predicted octanol–water partition coefficient (Wildman–Crippen LogP) is 1.70. The first-order valence-corrected chi connectivity index (χ1v) is 7.02. The van der Waals surface area contributed by atoms with Gasteiger partial charge in [-0.1, -0.05) is 6.92 Å². The largest absolute Gasteiger partial charge is 0.342 e. The van der Waals surface area contributed by atoms with Crippen LogP contribution in [0.3, 0.4) is 0 Å². The van der Waals surface area contributed by atoms with Gasteiger partial charge < -0.3 is 9.47 Å². The van der Waals surface area contributed by atoms with Crippen molar-refractivity contribution in [2.24, 2.45) is 11.8 Å². The monoisotopic (exact) mass is 247 g/mol. The molecule has 98 valence electrons. The molecule has 4 nitrogen and oxygen atoms in total. The molecular weight excluding hydrogens is 226 g/mol. The zero-order chi connectivity index (χ0) is 12.5. The van der Waals surface area contributed by atoms with Crippen LogP contribution in [0.1, 0.15) is 31.9 Å². The summed E-state index contributed by atoms with van der Waals surface area (Å²) < 4.78 is 2.17. The molecule has 18 heavy (non-hydrogen) atoms. The molecule has 0 aromatic carbocycles. The molecule has 0 N–H and O–H groups in total. The molecule has 0 radical (unpaired) electrons. The van der Waals surface area contributed by atoms with Crippen LogP contribution < -0.4 is 0 Å². The maximum atomic E-state index is 12.5. The summed E-state index contributed by atoms with van der Waals surface area (Å²) in [6.07, 6.45) is 8.03. The van der Waals surface area contributed by atoms with E-state index in [1.54, 1.807) is 0 Å². The fraction of sp³-hybridized carbons (Fsp3) is 0.714. The maximum absolute atomic E-state index is 12.5. The van der Waals surface area contributed by atoms with E-state index in [1.165, 1.54) is 12.1 Å². The van der Waals surface area contributed by atoms with Gasteiger partial charge in [-0.2, -0.15) is 0 Å². The number of piperidine rings is 1. The molecule has 1 aromatic heterocycles. The average molecular weight is 247 g/mol. The third-order valence-corrected chi connectivity index (χ3v) is 4.29. The summed E-state index contributed by atoms with van der Waals surface area (Å²) in [6, 6.07) is 0. The van der Waals surface area contributed by atoms with Crippen LogP contribution in [0.25, 0.3) is 0 Å². The minimum atomic E-state index is 0.180. The molecule has 0 saturated carbocycles. The number of fused-ring (bicyclic) bond motifs is 1. The minimum absolute atomic E-state index is 0.180. The van der Waals surface area contributed by atoms with Crippen molar-refractivity contribution >= 4 is 5.91 Å². The van der Waals surface area contributed by atoms with E-state index in [1.807, 2.05) is 12.5 Å². The Labute approximate surface area is 108 Å². The fourth-order valence-electron chi connectivity index (χ4n) is 3.23. The molecule has 2 aliphatic heterocycles. The van der Waals surface area contributed by atoms with Crippen LogP contribution >= 0.6 is 0 Å². The maximum Gasteiger partial charge on any atom is 0.226 e. The second-order valence-corrected chi connectivity index (χ2v) is 5.80. The predicted molar refractivity (Wildman–Crippen MR) is 69.0 cm³/mol. The van der Waals surface area contributed by atoms with Gasteiger partial charge >= 0.3 is 0 Å². The number of hydrogen-bond donors (Lipinski definition) is 0. The highest BCUT2D eigenvalue weighted by Crippen LogP contribution is 2.24. The van der Waals surface area contributed by atoms with Crippen molar-refractivity contribution in [1.29, 1.82) is 0 Å². The number of hydrogen-bond acceptors (Lipinski definition) is 2. The topological polar surface area (TPSA) is 38.1 Å². The van der Waals surface area contributed by atoms with Crippen molar-refractivity contribution in [2.75, 3.05) is 13.1 Å². The minimum Gasteiger partial charge on any atom is -0.342 e. The van der Waals surface area contributed by atoms with Crippen LogP contribution in [-0.4, -0.2) is 33.4 Å². The summed E-state index contributed by atoms with van der Waals surface area (Å²) >= 11 is 0. The molecule has 2 unspecified atom stereocenters. The summed E-state index contributed by atoms with van der Waals surface area (Å²) in [5.74, 6) is 1.21. The number of amides is 1. The first kappa shape index (κ1) is 11.8. The number of rotatable bonds is 1. The Morgan fingerprint density at radius 1 is 1.39 bits per heavy atom. The summed E-state index contributed by atoms with van der Waals surface area (Å²) in [7, 11) is 0. The standard InChI is InChI=1S/C14H21N3O/c1-11-3-2-5-16(9-11)14(18)12-4-6-17-10-15-8-13(17)7-12/h8,10-12H,2-7,9H2,1H3. The molecule has 3 rings (SSSR count). The van der Waals surface area contributed by atoms with E-state index < -0.39 is 0 Å². The summed E-state index contributed by atoms with van der Waals surface area (Å²) in [5.41, 5.74) is 1.21. The third-order valence-electron chi connectivity index (χ3n) is 4.29. The van der Waals surface area contributed by atoms with E-state index in [9.17, 15) is 4.79 Å². The number of imidazole rings is 1. The van der Waals surface area contributed by atoms with Crippen molar-refractivity contribution in [1.82, 2.24) is 14.5 Å². The lowest BCUT2D eigenvalue weighted by Gasteiger charge is -2.34. The van der Waals surface area contributed by atoms with E-state index in [0.717, 1.165) is 38.9 Å². The Balaban J connectivity index is 1.67. The quantitative estimate of drug-likeness (QED) is 0.757. The van der Waals surface area contributed by atoms with Gasteiger partial charge in [0.25, 0.3) is 0 Å². The van der Waals surface area contributed by atoms with Gasteiger partial charge in [0.15, 0.2) is 0 Å². The Bertz CT molecular complexity index is 440. The summed E-state index contributed by atoms with van der Waals surface area (Å²) in [5, 5.41) is 0. The van der Waals surface area contributed by atoms with Gasteiger partial charge in [0.1, 0.15) is 0 Å². The summed E-state index contributed by atoms with van der Waals surface area (Å²) in [6.45, 7) is 5.10. The molecule has 1 amide bonds. The normalized spacial score (nSPS) is 27.9. The third kappa shape index (κ3) is 2.16. The van der Waals surface area contributed by atoms with E-state index in [4.69, 9.17) is 0 Å². The lowest BCUT2D eigenvalue weighted by molar-refractivity contribution is -0.137.